The number of allylic oxidation sites excluding steroid dienone is 4. The second kappa shape index (κ2) is 4.37. The average Bonchev–Trinajstić information content (AvgIpc) is 2.34. The second-order valence-electron chi connectivity index (χ2n) is 3.93. The number of rotatable bonds is 1. The summed E-state index contributed by atoms with van der Waals surface area (Å²) >= 11 is 0. The Kier molecular flexibility index (Phi) is 2.91. The molecular formula is C12H12N2O3. The van der Waals surface area contributed by atoms with Crippen molar-refractivity contribution in [2.45, 2.75) is 13.3 Å². The second-order valence-corrected chi connectivity index (χ2v) is 3.93. The van der Waals surface area contributed by atoms with Crippen LogP contribution in [-0.2, 0) is 0 Å². The van der Waals surface area contributed by atoms with E-state index in [-0.39, 0.29) is 11.8 Å². The predicted molar refractivity (Wildman–Crippen MR) is 63.1 cm³/mol. The lowest BCUT2D eigenvalue weighted by atomic mass is 10.00. The van der Waals surface area contributed by atoms with Gasteiger partial charge < -0.3 is 0 Å². The number of H-pyrrole nitrogens is 1. The Balaban J connectivity index is 2.41. The molecule has 1 N–H and O–H groups in total. The normalized spacial score (nSPS) is 18.3. The zero-order valence-electron chi connectivity index (χ0n) is 9.34. The van der Waals surface area contributed by atoms with Gasteiger partial charge in [-0.05, 0) is 13.3 Å². The van der Waals surface area contributed by atoms with Gasteiger partial charge in [0.2, 0.25) is 5.91 Å². The van der Waals surface area contributed by atoms with E-state index in [9.17, 15) is 14.4 Å². The first-order valence-corrected chi connectivity index (χ1v) is 5.29. The van der Waals surface area contributed by atoms with E-state index in [4.69, 9.17) is 0 Å². The number of hydrogen-bond donors (Lipinski definition) is 1. The van der Waals surface area contributed by atoms with Gasteiger partial charge in [0.15, 0.2) is 0 Å². The molecular weight excluding hydrogens is 220 g/mol. The van der Waals surface area contributed by atoms with Gasteiger partial charge >= 0.3 is 5.69 Å². The van der Waals surface area contributed by atoms with Gasteiger partial charge in [-0.3, -0.25) is 14.6 Å². The molecule has 0 fully saturated rings. The van der Waals surface area contributed by atoms with E-state index in [0.717, 1.165) is 4.57 Å². The predicted octanol–water partition coefficient (Wildman–Crippen LogP) is 0.618. The van der Waals surface area contributed by atoms with E-state index in [1.165, 1.54) is 6.20 Å². The van der Waals surface area contributed by atoms with Gasteiger partial charge in [0, 0.05) is 11.8 Å². The van der Waals surface area contributed by atoms with E-state index in [1.807, 2.05) is 12.2 Å². The summed E-state index contributed by atoms with van der Waals surface area (Å²) in [4.78, 5) is 36.9. The number of aromatic nitrogens is 2. The molecule has 5 heteroatoms. The molecule has 0 aliphatic heterocycles. The molecule has 0 aromatic carbocycles. The number of carbonyl (C=O) groups is 1. The Labute approximate surface area is 97.1 Å². The summed E-state index contributed by atoms with van der Waals surface area (Å²) in [6, 6.07) is 0. The third-order valence-corrected chi connectivity index (χ3v) is 2.66. The number of aryl methyl sites for hydroxylation is 1. The van der Waals surface area contributed by atoms with Gasteiger partial charge in [-0.1, -0.05) is 24.3 Å². The SMILES string of the molecule is Cc1cn(C(=O)C2C=CC=CC2)c(=O)[nH]c1=O. The maximum absolute atomic E-state index is 12.0. The summed E-state index contributed by atoms with van der Waals surface area (Å²) in [5, 5.41) is 0. The molecule has 0 amide bonds. The van der Waals surface area contributed by atoms with Crippen LogP contribution in [0.5, 0.6) is 0 Å². The zero-order chi connectivity index (χ0) is 12.4. The third-order valence-electron chi connectivity index (χ3n) is 2.66. The van der Waals surface area contributed by atoms with Crippen molar-refractivity contribution in [2.75, 3.05) is 0 Å². The van der Waals surface area contributed by atoms with Crippen LogP contribution in [0.2, 0.25) is 0 Å². The minimum atomic E-state index is -0.687. The van der Waals surface area contributed by atoms with Gasteiger partial charge in [0.25, 0.3) is 5.56 Å². The summed E-state index contributed by atoms with van der Waals surface area (Å²) < 4.78 is 0.963. The minimum Gasteiger partial charge on any atom is -0.273 e. The van der Waals surface area contributed by atoms with Crippen LogP contribution in [0.25, 0.3) is 0 Å². The van der Waals surface area contributed by atoms with Gasteiger partial charge in [-0.2, -0.15) is 0 Å². The van der Waals surface area contributed by atoms with Crippen molar-refractivity contribution in [3.8, 4) is 0 Å². The Bertz CT molecular complexity index is 619. The molecule has 1 aromatic heterocycles. The highest BCUT2D eigenvalue weighted by atomic mass is 16.2. The Hall–Kier alpha value is -2.17. The highest BCUT2D eigenvalue weighted by molar-refractivity contribution is 5.83. The first-order valence-electron chi connectivity index (χ1n) is 5.29. The van der Waals surface area contributed by atoms with E-state index < -0.39 is 11.2 Å². The van der Waals surface area contributed by atoms with Crippen molar-refractivity contribution in [1.82, 2.24) is 9.55 Å². The number of hydrogen-bond acceptors (Lipinski definition) is 3. The van der Waals surface area contributed by atoms with E-state index in [1.54, 1.807) is 19.1 Å². The average molecular weight is 232 g/mol. The zero-order valence-corrected chi connectivity index (χ0v) is 9.34. The number of nitrogens with zero attached hydrogens (tertiary/aromatic N) is 1. The van der Waals surface area contributed by atoms with Gasteiger partial charge in [-0.25, -0.2) is 9.36 Å². The summed E-state index contributed by atoms with van der Waals surface area (Å²) in [5.41, 5.74) is -0.806. The maximum atomic E-state index is 12.0. The molecule has 1 aliphatic carbocycles. The smallest absolute Gasteiger partial charge is 0.273 e. The lowest BCUT2D eigenvalue weighted by molar-refractivity contribution is 0.0855. The van der Waals surface area contributed by atoms with Crippen LogP contribution in [0.15, 0.2) is 40.1 Å². The Morgan fingerprint density at radius 3 is 2.82 bits per heavy atom. The molecule has 1 atom stereocenters. The topological polar surface area (TPSA) is 71.9 Å². The summed E-state index contributed by atoms with van der Waals surface area (Å²) in [6.45, 7) is 1.55. The van der Waals surface area contributed by atoms with Crippen LogP contribution in [0.3, 0.4) is 0 Å². The van der Waals surface area contributed by atoms with Crippen molar-refractivity contribution in [1.29, 1.82) is 0 Å². The van der Waals surface area contributed by atoms with Crippen LogP contribution >= 0.6 is 0 Å². The van der Waals surface area contributed by atoms with Gasteiger partial charge in [-0.15, -0.1) is 0 Å². The molecule has 0 saturated heterocycles. The van der Waals surface area contributed by atoms with Crippen LogP contribution in [0.4, 0.5) is 0 Å². The van der Waals surface area contributed by atoms with Gasteiger partial charge in [0.05, 0.1) is 5.92 Å². The van der Waals surface area contributed by atoms with Crippen molar-refractivity contribution in [2.24, 2.45) is 5.92 Å². The van der Waals surface area contributed by atoms with E-state index in [0.29, 0.717) is 12.0 Å². The molecule has 0 radical (unpaired) electrons. The molecule has 1 heterocycles. The number of aromatic amines is 1. The summed E-state index contributed by atoms with van der Waals surface area (Å²) in [7, 11) is 0. The highest BCUT2D eigenvalue weighted by Gasteiger charge is 2.19. The quantitative estimate of drug-likeness (QED) is 0.771. The van der Waals surface area contributed by atoms with Gasteiger partial charge in [0.1, 0.15) is 0 Å². The van der Waals surface area contributed by atoms with Crippen LogP contribution in [0, 0.1) is 12.8 Å². The number of nitrogens with one attached hydrogen (secondary N) is 1. The Morgan fingerprint density at radius 2 is 2.18 bits per heavy atom. The fraction of sp³-hybridized carbons (Fsp3) is 0.250. The van der Waals surface area contributed by atoms with E-state index in [2.05, 4.69) is 4.98 Å². The van der Waals surface area contributed by atoms with Crippen molar-refractivity contribution >= 4 is 5.91 Å². The lowest BCUT2D eigenvalue weighted by Gasteiger charge is -2.12. The molecule has 1 aromatic rings. The van der Waals surface area contributed by atoms with Crippen LogP contribution in [-0.4, -0.2) is 15.5 Å². The standard InChI is InChI=1S/C12H12N2O3/c1-8-7-14(12(17)13-10(8)15)11(16)9-5-3-2-4-6-9/h2-5,7,9H,6H2,1H3,(H,13,15,17). The first-order chi connectivity index (χ1) is 8.09. The third kappa shape index (κ3) is 2.18. The lowest BCUT2D eigenvalue weighted by Crippen LogP contribution is -2.37. The Morgan fingerprint density at radius 1 is 1.41 bits per heavy atom. The largest absolute Gasteiger partial charge is 0.335 e. The van der Waals surface area contributed by atoms with Crippen LogP contribution < -0.4 is 11.2 Å². The monoisotopic (exact) mass is 232 g/mol. The molecule has 0 saturated carbocycles. The molecule has 5 nitrogen and oxygen atoms in total. The molecule has 0 spiro atoms. The molecule has 0 bridgehead atoms. The molecule has 2 rings (SSSR count). The molecule has 1 aliphatic rings. The first kappa shape index (κ1) is 11.3. The van der Waals surface area contributed by atoms with Crippen molar-refractivity contribution < 1.29 is 4.79 Å². The highest BCUT2D eigenvalue weighted by Crippen LogP contribution is 2.12. The minimum absolute atomic E-state index is 0.324. The molecule has 1 unspecified atom stereocenters. The van der Waals surface area contributed by atoms with Crippen LogP contribution in [0.1, 0.15) is 16.8 Å². The molecule has 17 heavy (non-hydrogen) atoms. The fourth-order valence-electron chi connectivity index (χ4n) is 1.67. The maximum Gasteiger partial charge on any atom is 0.335 e. The number of carbonyl (C=O) groups excluding carboxylic acids is 1. The summed E-state index contributed by atoms with van der Waals surface area (Å²) in [6.07, 6.45) is 9.09. The fourth-order valence-corrected chi connectivity index (χ4v) is 1.67. The van der Waals surface area contributed by atoms with Crippen molar-refractivity contribution in [3.63, 3.8) is 0 Å². The summed E-state index contributed by atoms with van der Waals surface area (Å²) in [5.74, 6) is -0.669. The molecule has 88 valence electrons. The van der Waals surface area contributed by atoms with Crippen molar-refractivity contribution in [3.05, 3.63) is 56.9 Å². The van der Waals surface area contributed by atoms with E-state index >= 15 is 0 Å².